The molecule has 2 rings (SSSR count). The summed E-state index contributed by atoms with van der Waals surface area (Å²) in [6.07, 6.45) is 2.53. The molecule has 1 aromatic carbocycles. The van der Waals surface area contributed by atoms with Gasteiger partial charge >= 0.3 is 0 Å². The van der Waals surface area contributed by atoms with Gasteiger partial charge in [0.2, 0.25) is 0 Å². The van der Waals surface area contributed by atoms with Crippen molar-refractivity contribution >= 4 is 33.2 Å². The summed E-state index contributed by atoms with van der Waals surface area (Å²) in [5.74, 6) is 0. The summed E-state index contributed by atoms with van der Waals surface area (Å²) >= 11 is 9.69. The molecular formula is C14H20BrClN2. The lowest BCUT2D eigenvalue weighted by Crippen LogP contribution is -2.45. The van der Waals surface area contributed by atoms with E-state index in [9.17, 15) is 0 Å². The smallest absolute Gasteiger partial charge is 0.0426 e. The van der Waals surface area contributed by atoms with Crippen LogP contribution in [-0.2, 0) is 5.33 Å². The summed E-state index contributed by atoms with van der Waals surface area (Å²) in [6, 6.07) is 6.73. The fourth-order valence-electron chi connectivity index (χ4n) is 2.63. The monoisotopic (exact) mass is 330 g/mol. The molecule has 1 aliphatic rings. The van der Waals surface area contributed by atoms with Crippen molar-refractivity contribution in [1.29, 1.82) is 0 Å². The zero-order valence-corrected chi connectivity index (χ0v) is 13.3. The molecule has 1 aliphatic heterocycles. The van der Waals surface area contributed by atoms with Gasteiger partial charge in [-0.15, -0.1) is 0 Å². The van der Waals surface area contributed by atoms with Gasteiger partial charge in [-0.3, -0.25) is 0 Å². The summed E-state index contributed by atoms with van der Waals surface area (Å²) < 4.78 is 0. The van der Waals surface area contributed by atoms with Gasteiger partial charge in [0.1, 0.15) is 0 Å². The van der Waals surface area contributed by atoms with Gasteiger partial charge in [0.25, 0.3) is 0 Å². The van der Waals surface area contributed by atoms with Crippen LogP contribution in [0.15, 0.2) is 18.2 Å². The molecule has 2 nitrogen and oxygen atoms in total. The zero-order valence-electron chi connectivity index (χ0n) is 11.0. The van der Waals surface area contributed by atoms with Crippen LogP contribution in [0.4, 0.5) is 5.69 Å². The average Bonchev–Trinajstić information content (AvgIpc) is 2.38. The van der Waals surface area contributed by atoms with Gasteiger partial charge in [0.15, 0.2) is 0 Å². The van der Waals surface area contributed by atoms with E-state index in [1.54, 1.807) is 0 Å². The highest BCUT2D eigenvalue weighted by Crippen LogP contribution is 2.29. The van der Waals surface area contributed by atoms with E-state index in [0.717, 1.165) is 16.9 Å². The minimum absolute atomic E-state index is 0.583. The number of anilines is 1. The van der Waals surface area contributed by atoms with Gasteiger partial charge in [0.05, 0.1) is 0 Å². The van der Waals surface area contributed by atoms with Crippen LogP contribution in [0.5, 0.6) is 0 Å². The van der Waals surface area contributed by atoms with Crippen molar-refractivity contribution in [2.45, 2.75) is 24.2 Å². The van der Waals surface area contributed by atoms with Gasteiger partial charge in [0, 0.05) is 35.7 Å². The van der Waals surface area contributed by atoms with Gasteiger partial charge < -0.3 is 9.80 Å². The molecule has 0 aromatic heterocycles. The lowest BCUT2D eigenvalue weighted by molar-refractivity contribution is 0.248. The third-order valence-electron chi connectivity index (χ3n) is 3.72. The molecular weight excluding hydrogens is 312 g/mol. The SMILES string of the molecule is CN1CCCC(N(C)c2cc(Cl)ccc2CBr)C1. The van der Waals surface area contributed by atoms with Crippen molar-refractivity contribution in [2.75, 3.05) is 32.1 Å². The first kappa shape index (κ1) is 14.2. The molecule has 1 unspecified atom stereocenters. The van der Waals surface area contributed by atoms with Crippen molar-refractivity contribution in [2.24, 2.45) is 0 Å². The number of likely N-dealkylation sites (N-methyl/N-ethyl adjacent to an activating group) is 2. The van der Waals surface area contributed by atoms with Crippen LogP contribution in [0, 0.1) is 0 Å². The summed E-state index contributed by atoms with van der Waals surface area (Å²) in [6.45, 7) is 2.34. The molecule has 0 radical (unpaired) electrons. The normalized spacial score (nSPS) is 21.0. The Balaban J connectivity index is 2.21. The van der Waals surface area contributed by atoms with Crippen LogP contribution in [0.1, 0.15) is 18.4 Å². The number of likely N-dealkylation sites (tertiary alicyclic amines) is 1. The van der Waals surface area contributed by atoms with E-state index in [4.69, 9.17) is 11.6 Å². The second-order valence-electron chi connectivity index (χ2n) is 5.08. The first-order chi connectivity index (χ1) is 8.61. The molecule has 0 N–H and O–H groups in total. The molecule has 1 saturated heterocycles. The Hall–Kier alpha value is -0.250. The van der Waals surface area contributed by atoms with Gasteiger partial charge in [-0.1, -0.05) is 33.6 Å². The van der Waals surface area contributed by atoms with Crippen molar-refractivity contribution in [3.05, 3.63) is 28.8 Å². The highest BCUT2D eigenvalue weighted by molar-refractivity contribution is 9.08. The maximum absolute atomic E-state index is 6.13. The largest absolute Gasteiger partial charge is 0.370 e. The van der Waals surface area contributed by atoms with E-state index in [1.807, 2.05) is 6.07 Å². The average molecular weight is 332 g/mol. The molecule has 100 valence electrons. The molecule has 0 spiro atoms. The Morgan fingerprint density at radius 3 is 2.94 bits per heavy atom. The summed E-state index contributed by atoms with van der Waals surface area (Å²) in [5, 5.41) is 1.68. The van der Waals surface area contributed by atoms with E-state index in [1.165, 1.54) is 30.6 Å². The number of rotatable bonds is 3. The van der Waals surface area contributed by atoms with Crippen molar-refractivity contribution in [1.82, 2.24) is 4.90 Å². The molecule has 1 aromatic rings. The maximum Gasteiger partial charge on any atom is 0.0426 e. The molecule has 1 heterocycles. The quantitative estimate of drug-likeness (QED) is 0.778. The molecule has 0 amide bonds. The number of alkyl halides is 1. The lowest BCUT2D eigenvalue weighted by Gasteiger charge is -2.38. The number of nitrogens with zero attached hydrogens (tertiary/aromatic N) is 2. The highest BCUT2D eigenvalue weighted by atomic mass is 79.9. The Morgan fingerprint density at radius 1 is 1.50 bits per heavy atom. The van der Waals surface area contributed by atoms with E-state index in [2.05, 4.69) is 52.0 Å². The highest BCUT2D eigenvalue weighted by Gasteiger charge is 2.22. The fourth-order valence-corrected chi connectivity index (χ4v) is 3.27. The van der Waals surface area contributed by atoms with Crippen LogP contribution >= 0.6 is 27.5 Å². The van der Waals surface area contributed by atoms with E-state index < -0.39 is 0 Å². The van der Waals surface area contributed by atoms with Crippen molar-refractivity contribution < 1.29 is 0 Å². The minimum atomic E-state index is 0.583. The summed E-state index contributed by atoms with van der Waals surface area (Å²) in [7, 11) is 4.38. The first-order valence-electron chi connectivity index (χ1n) is 6.37. The van der Waals surface area contributed by atoms with Crippen molar-refractivity contribution in [3.8, 4) is 0 Å². The molecule has 0 bridgehead atoms. The van der Waals surface area contributed by atoms with Gasteiger partial charge in [-0.25, -0.2) is 0 Å². The predicted octanol–water partition coefficient (Wildman–Crippen LogP) is 3.77. The Labute approximate surface area is 123 Å². The molecule has 4 heteroatoms. The number of piperidine rings is 1. The molecule has 0 aliphatic carbocycles. The summed E-state index contributed by atoms with van der Waals surface area (Å²) in [5.41, 5.74) is 2.55. The number of halogens is 2. The molecule has 0 saturated carbocycles. The molecule has 18 heavy (non-hydrogen) atoms. The molecule has 1 atom stereocenters. The zero-order chi connectivity index (χ0) is 13.1. The van der Waals surface area contributed by atoms with E-state index in [-0.39, 0.29) is 0 Å². The Kier molecular flexibility index (Phi) is 4.93. The Bertz CT molecular complexity index is 411. The first-order valence-corrected chi connectivity index (χ1v) is 7.87. The second-order valence-corrected chi connectivity index (χ2v) is 6.07. The predicted molar refractivity (Wildman–Crippen MR) is 83.0 cm³/mol. The van der Waals surface area contributed by atoms with Gasteiger partial charge in [-0.05, 0) is 44.1 Å². The van der Waals surface area contributed by atoms with Crippen LogP contribution in [0.25, 0.3) is 0 Å². The minimum Gasteiger partial charge on any atom is -0.370 e. The van der Waals surface area contributed by atoms with E-state index >= 15 is 0 Å². The topological polar surface area (TPSA) is 6.48 Å². The second kappa shape index (κ2) is 6.27. The number of hydrogen-bond acceptors (Lipinski definition) is 2. The molecule has 1 fully saturated rings. The number of benzene rings is 1. The summed E-state index contributed by atoms with van der Waals surface area (Å²) in [4.78, 5) is 4.79. The van der Waals surface area contributed by atoms with Crippen LogP contribution in [0.3, 0.4) is 0 Å². The third-order valence-corrected chi connectivity index (χ3v) is 4.56. The lowest BCUT2D eigenvalue weighted by atomic mass is 10.0. The van der Waals surface area contributed by atoms with Crippen LogP contribution < -0.4 is 4.90 Å². The standard InChI is InChI=1S/C14H20BrClN2/c1-17-7-3-4-13(10-17)18(2)14-8-12(16)6-5-11(14)9-15/h5-6,8,13H,3-4,7,9-10H2,1-2H3. The van der Waals surface area contributed by atoms with Crippen LogP contribution in [0.2, 0.25) is 5.02 Å². The van der Waals surface area contributed by atoms with E-state index in [0.29, 0.717) is 6.04 Å². The fraction of sp³-hybridized carbons (Fsp3) is 0.571. The van der Waals surface area contributed by atoms with Crippen LogP contribution in [-0.4, -0.2) is 38.1 Å². The number of hydrogen-bond donors (Lipinski definition) is 0. The Morgan fingerprint density at radius 2 is 2.28 bits per heavy atom. The third kappa shape index (κ3) is 3.19. The maximum atomic E-state index is 6.13. The van der Waals surface area contributed by atoms with Crippen molar-refractivity contribution in [3.63, 3.8) is 0 Å². The van der Waals surface area contributed by atoms with Gasteiger partial charge in [-0.2, -0.15) is 0 Å².